The van der Waals surface area contributed by atoms with Crippen molar-refractivity contribution in [3.8, 4) is 28.2 Å². The summed E-state index contributed by atoms with van der Waals surface area (Å²) in [6.07, 6.45) is 12.0. The maximum atomic E-state index is 14.4. The maximum Gasteiger partial charge on any atom is 0.182 e. The third-order valence-electron chi connectivity index (χ3n) is 7.35. The number of nitrogens with zero attached hydrogens (tertiary/aromatic N) is 7. The standard InChI is InChI=1S/C24H19F2N7.C5H11N/c25-19-4-3-5-20(22(19)26)33-14-30-31-24(33)18-13-29-23-17(18)10-16(12-28-23)15-6-7-21(27-11-15)32-8-1-2-9-32;1-6-4-2-3-5-6/h3-7,10-14H,1-2,8-9H2,(H,28,29);2-5H2,1H3. The van der Waals surface area contributed by atoms with E-state index < -0.39 is 11.6 Å². The zero-order chi connectivity index (χ0) is 26.8. The van der Waals surface area contributed by atoms with E-state index in [4.69, 9.17) is 0 Å². The van der Waals surface area contributed by atoms with Gasteiger partial charge in [-0.3, -0.25) is 4.57 Å². The summed E-state index contributed by atoms with van der Waals surface area (Å²) < 4.78 is 29.7. The molecule has 2 aliphatic heterocycles. The quantitative estimate of drug-likeness (QED) is 0.334. The van der Waals surface area contributed by atoms with E-state index in [1.165, 1.54) is 61.8 Å². The fraction of sp³-hybridized carbons (Fsp3) is 0.310. The van der Waals surface area contributed by atoms with E-state index >= 15 is 0 Å². The van der Waals surface area contributed by atoms with Gasteiger partial charge in [-0.05, 0) is 76.2 Å². The summed E-state index contributed by atoms with van der Waals surface area (Å²) >= 11 is 0. The Hall–Kier alpha value is -4.18. The van der Waals surface area contributed by atoms with Gasteiger partial charge in [-0.15, -0.1) is 10.2 Å². The van der Waals surface area contributed by atoms with Crippen LogP contribution in [-0.4, -0.2) is 67.8 Å². The molecule has 10 heteroatoms. The molecule has 0 unspecified atom stereocenters. The molecule has 5 aromatic rings. The van der Waals surface area contributed by atoms with Crippen LogP contribution in [0.1, 0.15) is 25.7 Å². The summed E-state index contributed by atoms with van der Waals surface area (Å²) in [6.45, 7) is 4.72. The van der Waals surface area contributed by atoms with Crippen LogP contribution in [0.3, 0.4) is 0 Å². The van der Waals surface area contributed by atoms with Crippen molar-refractivity contribution in [2.75, 3.05) is 38.1 Å². The zero-order valence-electron chi connectivity index (χ0n) is 21.8. The average Bonchev–Trinajstić information content (AvgIpc) is 3.78. The molecule has 39 heavy (non-hydrogen) atoms. The number of rotatable bonds is 4. The van der Waals surface area contributed by atoms with Crippen LogP contribution in [-0.2, 0) is 0 Å². The number of hydrogen-bond donors (Lipinski definition) is 1. The van der Waals surface area contributed by atoms with Crippen molar-refractivity contribution < 1.29 is 8.78 Å². The average molecular weight is 529 g/mol. The Balaban J connectivity index is 0.000000410. The summed E-state index contributed by atoms with van der Waals surface area (Å²) in [5, 5.41) is 8.90. The van der Waals surface area contributed by atoms with Crippen molar-refractivity contribution in [3.63, 3.8) is 0 Å². The zero-order valence-corrected chi connectivity index (χ0v) is 21.8. The maximum absolute atomic E-state index is 14.4. The highest BCUT2D eigenvalue weighted by Gasteiger charge is 2.19. The molecule has 200 valence electrons. The molecule has 1 aromatic carbocycles. The minimum atomic E-state index is -0.957. The minimum Gasteiger partial charge on any atom is -0.357 e. The van der Waals surface area contributed by atoms with Gasteiger partial charge in [0, 0.05) is 53.8 Å². The van der Waals surface area contributed by atoms with Gasteiger partial charge in [0.05, 0.1) is 5.69 Å². The van der Waals surface area contributed by atoms with Gasteiger partial charge in [-0.1, -0.05) is 6.07 Å². The van der Waals surface area contributed by atoms with E-state index in [2.05, 4.69) is 42.0 Å². The number of H-pyrrole nitrogens is 1. The van der Waals surface area contributed by atoms with Crippen molar-refractivity contribution in [2.45, 2.75) is 25.7 Å². The van der Waals surface area contributed by atoms with Crippen LogP contribution < -0.4 is 4.90 Å². The molecule has 2 aliphatic rings. The number of fused-ring (bicyclic) bond motifs is 1. The van der Waals surface area contributed by atoms with Gasteiger partial charge in [-0.2, -0.15) is 0 Å². The molecule has 2 fully saturated rings. The van der Waals surface area contributed by atoms with Gasteiger partial charge in [0.15, 0.2) is 17.5 Å². The van der Waals surface area contributed by atoms with E-state index in [0.29, 0.717) is 17.0 Å². The second-order valence-corrected chi connectivity index (χ2v) is 10.0. The smallest absolute Gasteiger partial charge is 0.182 e. The number of halogens is 2. The summed E-state index contributed by atoms with van der Waals surface area (Å²) in [5.74, 6) is -0.522. The number of aromatic nitrogens is 6. The Kier molecular flexibility index (Phi) is 7.02. The summed E-state index contributed by atoms with van der Waals surface area (Å²) in [7, 11) is 2.17. The topological polar surface area (TPSA) is 78.8 Å². The molecule has 0 amide bonds. The van der Waals surface area contributed by atoms with E-state index in [-0.39, 0.29) is 5.69 Å². The Labute approximate surface area is 225 Å². The lowest BCUT2D eigenvalue weighted by Gasteiger charge is -2.16. The predicted octanol–water partition coefficient (Wildman–Crippen LogP) is 5.46. The van der Waals surface area contributed by atoms with E-state index in [9.17, 15) is 8.78 Å². The number of benzene rings is 1. The molecule has 0 atom stereocenters. The predicted molar refractivity (Wildman–Crippen MR) is 148 cm³/mol. The minimum absolute atomic E-state index is 0.0372. The van der Waals surface area contributed by atoms with Gasteiger partial charge >= 0.3 is 0 Å². The molecule has 6 heterocycles. The van der Waals surface area contributed by atoms with Crippen molar-refractivity contribution >= 4 is 16.9 Å². The molecule has 1 N–H and O–H groups in total. The van der Waals surface area contributed by atoms with Crippen molar-refractivity contribution in [2.24, 2.45) is 0 Å². The molecule has 4 aromatic heterocycles. The fourth-order valence-electron chi connectivity index (χ4n) is 5.19. The number of anilines is 1. The Morgan fingerprint density at radius 3 is 2.36 bits per heavy atom. The molecule has 2 saturated heterocycles. The third kappa shape index (κ3) is 5.12. The normalized spacial score (nSPS) is 15.6. The molecular formula is C29H30F2N8. The monoisotopic (exact) mass is 528 g/mol. The Bertz CT molecular complexity index is 1560. The molecular weight excluding hydrogens is 498 g/mol. The largest absolute Gasteiger partial charge is 0.357 e. The number of pyridine rings is 2. The molecule has 0 radical (unpaired) electrons. The molecule has 0 saturated carbocycles. The molecule has 0 aliphatic carbocycles. The summed E-state index contributed by atoms with van der Waals surface area (Å²) in [6, 6.07) is 10.1. The first-order valence-corrected chi connectivity index (χ1v) is 13.3. The van der Waals surface area contributed by atoms with Gasteiger partial charge in [0.1, 0.15) is 17.8 Å². The van der Waals surface area contributed by atoms with Crippen LogP contribution in [0.15, 0.2) is 61.3 Å². The van der Waals surface area contributed by atoms with Crippen LogP contribution in [0.4, 0.5) is 14.6 Å². The van der Waals surface area contributed by atoms with Gasteiger partial charge < -0.3 is 14.8 Å². The van der Waals surface area contributed by atoms with Gasteiger partial charge in [-0.25, -0.2) is 18.7 Å². The molecule has 0 spiro atoms. The summed E-state index contributed by atoms with van der Waals surface area (Å²) in [4.78, 5) is 16.9. The highest BCUT2D eigenvalue weighted by molar-refractivity contribution is 5.94. The Morgan fingerprint density at radius 1 is 0.872 bits per heavy atom. The second-order valence-electron chi connectivity index (χ2n) is 10.0. The van der Waals surface area contributed by atoms with Gasteiger partial charge in [0.25, 0.3) is 0 Å². The first kappa shape index (κ1) is 25.1. The lowest BCUT2D eigenvalue weighted by molar-refractivity contribution is 0.418. The third-order valence-corrected chi connectivity index (χ3v) is 7.35. The second kappa shape index (κ2) is 10.9. The number of nitrogens with one attached hydrogen (secondary N) is 1. The highest BCUT2D eigenvalue weighted by atomic mass is 19.2. The summed E-state index contributed by atoms with van der Waals surface area (Å²) in [5.41, 5.74) is 3.21. The van der Waals surface area contributed by atoms with Crippen LogP contribution in [0.2, 0.25) is 0 Å². The van der Waals surface area contributed by atoms with E-state index in [0.717, 1.165) is 41.5 Å². The van der Waals surface area contributed by atoms with E-state index in [1.54, 1.807) is 12.4 Å². The fourth-order valence-corrected chi connectivity index (χ4v) is 5.19. The SMILES string of the molecule is CN1CCCC1.Fc1cccc(-n2cnnc2-c2c[nH]c3ncc(-c4ccc(N5CCCC5)nc4)cc23)c1F. The van der Waals surface area contributed by atoms with Crippen molar-refractivity contribution in [1.82, 2.24) is 34.6 Å². The van der Waals surface area contributed by atoms with Crippen LogP contribution in [0, 0.1) is 11.6 Å². The van der Waals surface area contributed by atoms with Crippen LogP contribution in [0.25, 0.3) is 39.2 Å². The number of likely N-dealkylation sites (tertiary alicyclic amines) is 1. The lowest BCUT2D eigenvalue weighted by atomic mass is 10.1. The number of hydrogen-bond acceptors (Lipinski definition) is 6. The molecule has 8 nitrogen and oxygen atoms in total. The van der Waals surface area contributed by atoms with Crippen molar-refractivity contribution in [1.29, 1.82) is 0 Å². The number of aromatic amines is 1. The van der Waals surface area contributed by atoms with Crippen molar-refractivity contribution in [3.05, 3.63) is 73.0 Å². The van der Waals surface area contributed by atoms with E-state index in [1.807, 2.05) is 24.4 Å². The van der Waals surface area contributed by atoms with Crippen LogP contribution >= 0.6 is 0 Å². The van der Waals surface area contributed by atoms with Crippen LogP contribution in [0.5, 0.6) is 0 Å². The first-order valence-electron chi connectivity index (χ1n) is 13.3. The highest BCUT2D eigenvalue weighted by Crippen LogP contribution is 2.32. The first-order chi connectivity index (χ1) is 19.1. The molecule has 0 bridgehead atoms. The van der Waals surface area contributed by atoms with Gasteiger partial charge in [0.2, 0.25) is 0 Å². The molecule has 7 rings (SSSR count). The Morgan fingerprint density at radius 2 is 1.64 bits per heavy atom. The lowest BCUT2D eigenvalue weighted by Crippen LogP contribution is -2.18.